The molecule has 0 spiro atoms. The lowest BCUT2D eigenvalue weighted by Gasteiger charge is -2.07. The van der Waals surface area contributed by atoms with Gasteiger partial charge in [0.15, 0.2) is 5.65 Å². The number of fused-ring (bicyclic) bond motifs is 1. The van der Waals surface area contributed by atoms with Crippen LogP contribution in [0.2, 0.25) is 5.02 Å². The van der Waals surface area contributed by atoms with Crippen LogP contribution in [0.3, 0.4) is 0 Å². The van der Waals surface area contributed by atoms with Gasteiger partial charge in [-0.3, -0.25) is 0 Å². The number of hydrogen-bond donors (Lipinski definition) is 0. The van der Waals surface area contributed by atoms with Crippen LogP contribution in [-0.4, -0.2) is 14.6 Å². The molecule has 0 amide bonds. The maximum atomic E-state index is 6.07. The summed E-state index contributed by atoms with van der Waals surface area (Å²) in [5, 5.41) is 4.74. The van der Waals surface area contributed by atoms with Gasteiger partial charge in [-0.25, -0.2) is 9.50 Å². The van der Waals surface area contributed by atoms with Gasteiger partial charge >= 0.3 is 0 Å². The standard InChI is InChI=1S/C9H10ClN3/c1-6(2)7-3-9-11-5-12-13(9)4-8(7)10/h3-6H,1-2H3. The topological polar surface area (TPSA) is 30.2 Å². The Morgan fingerprint density at radius 3 is 2.92 bits per heavy atom. The third kappa shape index (κ3) is 1.40. The molecule has 0 unspecified atom stereocenters. The molecule has 2 heterocycles. The number of aromatic nitrogens is 3. The van der Waals surface area contributed by atoms with Gasteiger partial charge < -0.3 is 0 Å². The van der Waals surface area contributed by atoms with Gasteiger partial charge in [0.25, 0.3) is 0 Å². The fourth-order valence-electron chi connectivity index (χ4n) is 1.29. The van der Waals surface area contributed by atoms with Gasteiger partial charge in [-0.15, -0.1) is 0 Å². The molecule has 0 radical (unpaired) electrons. The molecule has 0 saturated carbocycles. The van der Waals surface area contributed by atoms with Gasteiger partial charge in [-0.05, 0) is 17.5 Å². The maximum Gasteiger partial charge on any atom is 0.155 e. The highest BCUT2D eigenvalue weighted by Crippen LogP contribution is 2.24. The van der Waals surface area contributed by atoms with Crippen LogP contribution in [0, 0.1) is 0 Å². The zero-order chi connectivity index (χ0) is 9.42. The second-order valence-electron chi connectivity index (χ2n) is 3.29. The van der Waals surface area contributed by atoms with Crippen molar-refractivity contribution in [2.75, 3.05) is 0 Å². The Labute approximate surface area is 81.4 Å². The summed E-state index contributed by atoms with van der Waals surface area (Å²) in [5.41, 5.74) is 1.95. The Bertz CT molecular complexity index is 433. The third-order valence-corrected chi connectivity index (χ3v) is 2.33. The lowest BCUT2D eigenvalue weighted by atomic mass is 10.1. The second-order valence-corrected chi connectivity index (χ2v) is 3.70. The maximum absolute atomic E-state index is 6.07. The van der Waals surface area contributed by atoms with Gasteiger partial charge in [-0.1, -0.05) is 25.4 Å². The summed E-state index contributed by atoms with van der Waals surface area (Å²) in [7, 11) is 0. The van der Waals surface area contributed by atoms with E-state index in [1.165, 1.54) is 6.33 Å². The van der Waals surface area contributed by atoms with E-state index < -0.39 is 0 Å². The van der Waals surface area contributed by atoms with E-state index >= 15 is 0 Å². The molecular formula is C9H10ClN3. The van der Waals surface area contributed by atoms with Crippen molar-refractivity contribution < 1.29 is 0 Å². The quantitative estimate of drug-likeness (QED) is 0.700. The van der Waals surface area contributed by atoms with E-state index in [-0.39, 0.29) is 0 Å². The summed E-state index contributed by atoms with van der Waals surface area (Å²) in [6.45, 7) is 4.21. The lowest BCUT2D eigenvalue weighted by molar-refractivity contribution is 0.855. The number of halogens is 1. The summed E-state index contributed by atoms with van der Waals surface area (Å²) in [4.78, 5) is 4.10. The molecule has 0 atom stereocenters. The zero-order valence-electron chi connectivity index (χ0n) is 7.53. The SMILES string of the molecule is CC(C)c1cc2ncnn2cc1Cl. The average molecular weight is 196 g/mol. The normalized spacial score (nSPS) is 11.4. The van der Waals surface area contributed by atoms with Crippen molar-refractivity contribution in [1.82, 2.24) is 14.6 Å². The van der Waals surface area contributed by atoms with Crippen molar-refractivity contribution in [2.24, 2.45) is 0 Å². The van der Waals surface area contributed by atoms with E-state index in [0.717, 1.165) is 16.2 Å². The first kappa shape index (κ1) is 8.51. The molecular weight excluding hydrogens is 186 g/mol. The highest BCUT2D eigenvalue weighted by atomic mass is 35.5. The smallest absolute Gasteiger partial charge is 0.155 e. The number of nitrogens with zero attached hydrogens (tertiary/aromatic N) is 3. The van der Waals surface area contributed by atoms with Crippen molar-refractivity contribution in [3.63, 3.8) is 0 Å². The first-order valence-corrected chi connectivity index (χ1v) is 4.55. The van der Waals surface area contributed by atoms with Gasteiger partial charge in [-0.2, -0.15) is 5.10 Å². The lowest BCUT2D eigenvalue weighted by Crippen LogP contribution is -1.94. The van der Waals surface area contributed by atoms with E-state index in [1.54, 1.807) is 10.7 Å². The third-order valence-electron chi connectivity index (χ3n) is 2.02. The predicted molar refractivity (Wildman–Crippen MR) is 52.1 cm³/mol. The van der Waals surface area contributed by atoms with E-state index in [4.69, 9.17) is 11.6 Å². The predicted octanol–water partition coefficient (Wildman–Crippen LogP) is 2.51. The molecule has 13 heavy (non-hydrogen) atoms. The van der Waals surface area contributed by atoms with E-state index in [9.17, 15) is 0 Å². The van der Waals surface area contributed by atoms with Crippen LogP contribution in [0.25, 0.3) is 5.65 Å². The summed E-state index contributed by atoms with van der Waals surface area (Å²) in [5.74, 6) is 0.411. The van der Waals surface area contributed by atoms with Crippen LogP contribution < -0.4 is 0 Å². The fraction of sp³-hybridized carbons (Fsp3) is 0.333. The summed E-state index contributed by atoms with van der Waals surface area (Å²) >= 11 is 6.07. The molecule has 0 aliphatic carbocycles. The zero-order valence-corrected chi connectivity index (χ0v) is 8.28. The summed E-state index contributed by atoms with van der Waals surface area (Å²) in [6, 6.07) is 1.97. The number of hydrogen-bond acceptors (Lipinski definition) is 2. The molecule has 3 nitrogen and oxygen atoms in total. The minimum absolute atomic E-state index is 0.411. The monoisotopic (exact) mass is 195 g/mol. The van der Waals surface area contributed by atoms with E-state index in [0.29, 0.717) is 5.92 Å². The van der Waals surface area contributed by atoms with Crippen LogP contribution in [-0.2, 0) is 0 Å². The molecule has 0 fully saturated rings. The van der Waals surface area contributed by atoms with E-state index in [1.807, 2.05) is 6.07 Å². The van der Waals surface area contributed by atoms with Gasteiger partial charge in [0.2, 0.25) is 0 Å². The average Bonchev–Trinajstić information content (AvgIpc) is 2.48. The van der Waals surface area contributed by atoms with Crippen LogP contribution in [0.5, 0.6) is 0 Å². The summed E-state index contributed by atoms with van der Waals surface area (Å²) in [6.07, 6.45) is 3.31. The molecule has 68 valence electrons. The van der Waals surface area contributed by atoms with Crippen LogP contribution in [0.15, 0.2) is 18.6 Å². The van der Waals surface area contributed by atoms with Crippen LogP contribution in [0.4, 0.5) is 0 Å². The molecule has 0 N–H and O–H groups in total. The molecule has 0 aromatic carbocycles. The molecule has 0 bridgehead atoms. The van der Waals surface area contributed by atoms with Crippen molar-refractivity contribution in [3.05, 3.63) is 29.2 Å². The number of pyridine rings is 1. The first-order chi connectivity index (χ1) is 6.18. The van der Waals surface area contributed by atoms with Crippen molar-refractivity contribution in [1.29, 1.82) is 0 Å². The largest absolute Gasteiger partial charge is 0.220 e. The number of rotatable bonds is 1. The highest BCUT2D eigenvalue weighted by molar-refractivity contribution is 6.31. The minimum Gasteiger partial charge on any atom is -0.220 e. The molecule has 0 saturated heterocycles. The van der Waals surface area contributed by atoms with Crippen LogP contribution in [0.1, 0.15) is 25.3 Å². The molecule has 2 rings (SSSR count). The second kappa shape index (κ2) is 3.00. The van der Waals surface area contributed by atoms with Crippen LogP contribution >= 0.6 is 11.6 Å². The van der Waals surface area contributed by atoms with Crippen molar-refractivity contribution >= 4 is 17.2 Å². The molecule has 2 aromatic heterocycles. The van der Waals surface area contributed by atoms with Gasteiger partial charge in [0.05, 0.1) is 5.02 Å². The molecule has 0 aliphatic rings. The Balaban J connectivity index is 2.69. The van der Waals surface area contributed by atoms with E-state index in [2.05, 4.69) is 23.9 Å². The Morgan fingerprint density at radius 1 is 1.46 bits per heavy atom. The molecule has 0 aliphatic heterocycles. The van der Waals surface area contributed by atoms with Gasteiger partial charge in [0.1, 0.15) is 6.33 Å². The summed E-state index contributed by atoms with van der Waals surface area (Å²) < 4.78 is 1.67. The van der Waals surface area contributed by atoms with Crippen molar-refractivity contribution in [2.45, 2.75) is 19.8 Å². The fourth-order valence-corrected chi connectivity index (χ4v) is 1.66. The Hall–Kier alpha value is -1.09. The highest BCUT2D eigenvalue weighted by Gasteiger charge is 2.07. The van der Waals surface area contributed by atoms with Gasteiger partial charge in [0, 0.05) is 6.20 Å². The Morgan fingerprint density at radius 2 is 2.23 bits per heavy atom. The molecule has 2 aromatic rings. The van der Waals surface area contributed by atoms with Crippen molar-refractivity contribution in [3.8, 4) is 0 Å². The first-order valence-electron chi connectivity index (χ1n) is 4.17. The Kier molecular flexibility index (Phi) is 1.96. The molecule has 4 heteroatoms. The minimum atomic E-state index is 0.411.